The number of hydrogen-bond donors (Lipinski definition) is 1. The maximum Gasteiger partial charge on any atom is 0.234 e. The summed E-state index contributed by atoms with van der Waals surface area (Å²) < 4.78 is 10.5. The highest BCUT2D eigenvalue weighted by Crippen LogP contribution is 2.28. The molecule has 0 spiro atoms. The zero-order valence-corrected chi connectivity index (χ0v) is 29.5. The van der Waals surface area contributed by atoms with Gasteiger partial charge in [0.15, 0.2) is 0 Å². The highest BCUT2D eigenvalue weighted by Gasteiger charge is 2.20. The molecule has 1 fully saturated rings. The van der Waals surface area contributed by atoms with Gasteiger partial charge in [-0.2, -0.15) is 23.5 Å². The molecule has 0 aromatic heterocycles. The third kappa shape index (κ3) is 13.6. The number of hydrogen-bond acceptors (Lipinski definition) is 7. The van der Waals surface area contributed by atoms with Gasteiger partial charge in [0.25, 0.3) is 0 Å². The maximum atomic E-state index is 12.9. The van der Waals surface area contributed by atoms with Crippen LogP contribution in [0.5, 0.6) is 11.5 Å². The number of likely N-dealkylation sites (tertiary alicyclic amines) is 1. The minimum atomic E-state index is 0.131. The lowest BCUT2D eigenvalue weighted by Gasteiger charge is -2.32. The van der Waals surface area contributed by atoms with Crippen molar-refractivity contribution >= 4 is 29.4 Å². The summed E-state index contributed by atoms with van der Waals surface area (Å²) in [4.78, 5) is 17.9. The fourth-order valence-electron chi connectivity index (χ4n) is 5.87. The number of piperidine rings is 1. The number of nitrogens with one attached hydrogen (secondary N) is 1. The fraction of sp³-hybridized carbons (Fsp3) is 0.500. The second-order valence-corrected chi connectivity index (χ2v) is 14.2. The molecule has 46 heavy (non-hydrogen) atoms. The first kappa shape index (κ1) is 36.2. The lowest BCUT2D eigenvalue weighted by molar-refractivity contribution is -0.122. The van der Waals surface area contributed by atoms with E-state index in [-0.39, 0.29) is 5.91 Å². The van der Waals surface area contributed by atoms with Gasteiger partial charge in [0.1, 0.15) is 11.5 Å². The predicted octanol–water partition coefficient (Wildman–Crippen LogP) is 7.34. The lowest BCUT2D eigenvalue weighted by Crippen LogP contribution is -2.39. The van der Waals surface area contributed by atoms with Crippen LogP contribution in [0.4, 0.5) is 0 Å². The van der Waals surface area contributed by atoms with Gasteiger partial charge >= 0.3 is 0 Å². The molecule has 0 atom stereocenters. The first-order chi connectivity index (χ1) is 22.6. The number of methoxy groups -OCH3 is 2. The molecule has 0 bridgehead atoms. The van der Waals surface area contributed by atoms with E-state index >= 15 is 0 Å². The van der Waals surface area contributed by atoms with Crippen LogP contribution in [0.25, 0.3) is 0 Å². The van der Waals surface area contributed by atoms with Gasteiger partial charge in [-0.3, -0.25) is 9.69 Å². The topological polar surface area (TPSA) is 54.0 Å². The molecule has 1 amide bonds. The average Bonchev–Trinajstić information content (AvgIpc) is 3.10. The van der Waals surface area contributed by atoms with E-state index < -0.39 is 0 Å². The summed E-state index contributed by atoms with van der Waals surface area (Å²) in [7, 11) is 3.39. The first-order valence-electron chi connectivity index (χ1n) is 16.8. The van der Waals surface area contributed by atoms with E-state index in [1.165, 1.54) is 62.0 Å². The van der Waals surface area contributed by atoms with Crippen molar-refractivity contribution in [1.82, 2.24) is 15.1 Å². The van der Waals surface area contributed by atoms with Gasteiger partial charge in [0, 0.05) is 36.1 Å². The third-order valence-corrected chi connectivity index (χ3v) is 10.7. The molecule has 3 aromatic rings. The second kappa shape index (κ2) is 21.3. The summed E-state index contributed by atoms with van der Waals surface area (Å²) in [5.41, 5.74) is 4.07. The minimum Gasteiger partial charge on any atom is -0.497 e. The summed E-state index contributed by atoms with van der Waals surface area (Å²) in [5.74, 6) is 6.42. The van der Waals surface area contributed by atoms with E-state index in [2.05, 4.69) is 69.7 Å². The Morgan fingerprint density at radius 1 is 0.783 bits per heavy atom. The van der Waals surface area contributed by atoms with Crippen LogP contribution in [0.2, 0.25) is 0 Å². The number of carbonyl (C=O) groups is 1. The van der Waals surface area contributed by atoms with Gasteiger partial charge in [0.05, 0.1) is 20.8 Å². The molecule has 3 aromatic carbocycles. The van der Waals surface area contributed by atoms with E-state index in [9.17, 15) is 4.79 Å². The lowest BCUT2D eigenvalue weighted by atomic mass is 9.89. The summed E-state index contributed by atoms with van der Waals surface area (Å²) >= 11 is 3.77. The highest BCUT2D eigenvalue weighted by molar-refractivity contribution is 7.98. The molecule has 1 aliphatic rings. The van der Waals surface area contributed by atoms with Crippen molar-refractivity contribution < 1.29 is 14.3 Å². The number of rotatable bonds is 21. The Bertz CT molecular complexity index is 1240. The zero-order valence-electron chi connectivity index (χ0n) is 27.8. The molecule has 4 rings (SSSR count). The Morgan fingerprint density at radius 3 is 2.00 bits per heavy atom. The summed E-state index contributed by atoms with van der Waals surface area (Å²) in [5, 5.41) is 3.16. The van der Waals surface area contributed by atoms with Crippen molar-refractivity contribution in [3.05, 3.63) is 95.6 Å². The smallest absolute Gasteiger partial charge is 0.234 e. The van der Waals surface area contributed by atoms with E-state index in [4.69, 9.17) is 9.47 Å². The highest BCUT2D eigenvalue weighted by atomic mass is 32.2. The molecule has 1 heterocycles. The van der Waals surface area contributed by atoms with E-state index in [0.717, 1.165) is 54.0 Å². The van der Waals surface area contributed by atoms with E-state index in [1.54, 1.807) is 14.2 Å². The third-order valence-electron chi connectivity index (χ3n) is 8.65. The van der Waals surface area contributed by atoms with Gasteiger partial charge in [-0.05, 0) is 98.7 Å². The van der Waals surface area contributed by atoms with Crippen molar-refractivity contribution in [2.24, 2.45) is 0 Å². The Morgan fingerprint density at radius 2 is 1.39 bits per heavy atom. The van der Waals surface area contributed by atoms with Crippen LogP contribution in [0.15, 0.2) is 78.9 Å². The molecule has 1 N–H and O–H groups in total. The molecule has 250 valence electrons. The normalized spacial score (nSPS) is 14.0. The second-order valence-electron chi connectivity index (χ2n) is 12.0. The van der Waals surface area contributed by atoms with Crippen molar-refractivity contribution in [1.29, 1.82) is 0 Å². The number of carbonyl (C=O) groups excluding carboxylic acids is 1. The number of unbranched alkanes of at least 4 members (excludes halogenated alkanes) is 2. The molecule has 0 unspecified atom stereocenters. The Labute approximate surface area is 286 Å². The minimum absolute atomic E-state index is 0.131. The van der Waals surface area contributed by atoms with Crippen LogP contribution in [0.3, 0.4) is 0 Å². The first-order valence-corrected chi connectivity index (χ1v) is 19.1. The molecular weight excluding hydrogens is 611 g/mol. The summed E-state index contributed by atoms with van der Waals surface area (Å²) in [6.07, 6.45) is 6.10. The van der Waals surface area contributed by atoms with Crippen LogP contribution in [-0.4, -0.2) is 87.2 Å². The predicted molar refractivity (Wildman–Crippen MR) is 196 cm³/mol. The van der Waals surface area contributed by atoms with Gasteiger partial charge in [-0.25, -0.2) is 0 Å². The van der Waals surface area contributed by atoms with Crippen molar-refractivity contribution in [2.45, 2.75) is 49.5 Å². The average molecular weight is 664 g/mol. The fourth-order valence-corrected chi connectivity index (χ4v) is 7.65. The number of thioether (sulfide) groups is 2. The van der Waals surface area contributed by atoms with Crippen molar-refractivity contribution in [3.63, 3.8) is 0 Å². The number of amides is 1. The number of nitrogens with zero attached hydrogens (tertiary/aromatic N) is 2. The molecule has 0 aliphatic carbocycles. The SMILES string of the molecule is COc1ccc(CSCCNC(=O)CN(CCCCCN2CCC(c3ccccc3)CC2)CCSCc2ccc(OC)cc2)cc1. The summed E-state index contributed by atoms with van der Waals surface area (Å²) in [6, 6.07) is 27.5. The van der Waals surface area contributed by atoms with Crippen LogP contribution in [-0.2, 0) is 16.3 Å². The molecule has 1 saturated heterocycles. The summed E-state index contributed by atoms with van der Waals surface area (Å²) in [6.45, 7) is 6.66. The van der Waals surface area contributed by atoms with Gasteiger partial charge < -0.3 is 19.7 Å². The number of ether oxygens (including phenoxy) is 2. The molecule has 0 saturated carbocycles. The molecule has 0 radical (unpaired) electrons. The van der Waals surface area contributed by atoms with E-state index in [0.29, 0.717) is 19.0 Å². The van der Waals surface area contributed by atoms with Gasteiger partial charge in [-0.15, -0.1) is 0 Å². The molecule has 1 aliphatic heterocycles. The van der Waals surface area contributed by atoms with Gasteiger partial charge in [-0.1, -0.05) is 61.0 Å². The quantitative estimate of drug-likeness (QED) is 0.120. The zero-order chi connectivity index (χ0) is 32.2. The maximum absolute atomic E-state index is 12.9. The van der Waals surface area contributed by atoms with Gasteiger partial charge in [0.2, 0.25) is 5.91 Å². The molecular formula is C38H53N3O3S2. The Kier molecular flexibility index (Phi) is 16.7. The Balaban J connectivity index is 1.13. The van der Waals surface area contributed by atoms with Crippen LogP contribution < -0.4 is 14.8 Å². The number of benzene rings is 3. The van der Waals surface area contributed by atoms with Crippen molar-refractivity contribution in [3.8, 4) is 11.5 Å². The Hall–Kier alpha value is -2.65. The van der Waals surface area contributed by atoms with Crippen LogP contribution in [0.1, 0.15) is 54.7 Å². The van der Waals surface area contributed by atoms with E-state index in [1.807, 2.05) is 47.8 Å². The monoisotopic (exact) mass is 663 g/mol. The molecule has 8 heteroatoms. The standard InChI is InChI=1S/C38H53N3O3S2/c1-43-36-15-11-32(12-16-36)30-45-27-21-39-38(42)29-41(26-28-46-31-33-13-17-37(44-2)18-14-33)23-8-4-7-22-40-24-19-35(20-25-40)34-9-5-3-6-10-34/h3,5-6,9-18,35H,4,7-8,19-31H2,1-2H3,(H,39,42). The van der Waals surface area contributed by atoms with Crippen LogP contribution >= 0.6 is 23.5 Å². The largest absolute Gasteiger partial charge is 0.497 e. The van der Waals surface area contributed by atoms with Crippen molar-refractivity contribution in [2.75, 3.05) is 71.5 Å². The van der Waals surface area contributed by atoms with Crippen LogP contribution in [0, 0.1) is 0 Å². The molecule has 6 nitrogen and oxygen atoms in total.